The van der Waals surface area contributed by atoms with Crippen LogP contribution < -0.4 is 5.73 Å². The van der Waals surface area contributed by atoms with Crippen molar-refractivity contribution in [2.45, 2.75) is 19.4 Å². The molecule has 1 rings (SSSR count). The number of nitrogens with two attached hydrogens (primary N) is 1. The molecule has 90 valence electrons. The second kappa shape index (κ2) is 5.97. The molecule has 0 saturated carbocycles. The van der Waals surface area contributed by atoms with Crippen molar-refractivity contribution in [3.63, 3.8) is 0 Å². The third-order valence-electron chi connectivity index (χ3n) is 2.92. The second-order valence-electron chi connectivity index (χ2n) is 4.58. The summed E-state index contributed by atoms with van der Waals surface area (Å²) in [4.78, 5) is 2.05. The van der Waals surface area contributed by atoms with Crippen LogP contribution in [0, 0.1) is 11.7 Å². The highest BCUT2D eigenvalue weighted by Crippen LogP contribution is 2.27. The molecule has 0 radical (unpaired) electrons. The molecule has 1 aromatic carbocycles. The van der Waals surface area contributed by atoms with Crippen molar-refractivity contribution in [1.82, 2.24) is 4.90 Å². The Morgan fingerprint density at radius 1 is 1.31 bits per heavy atom. The molecule has 2 unspecified atom stereocenters. The molecule has 0 aliphatic carbocycles. The smallest absolute Gasteiger partial charge is 0.127 e. The number of benzene rings is 1. The summed E-state index contributed by atoms with van der Waals surface area (Å²) in [7, 11) is 3.95. The van der Waals surface area contributed by atoms with Gasteiger partial charge in [0.1, 0.15) is 5.82 Å². The fourth-order valence-electron chi connectivity index (χ4n) is 1.84. The number of nitrogens with zero attached hydrogens (tertiary/aromatic N) is 1. The largest absolute Gasteiger partial charge is 0.330 e. The van der Waals surface area contributed by atoms with E-state index in [0.29, 0.717) is 12.5 Å². The minimum absolute atomic E-state index is 0.0970. The fraction of sp³-hybridized carbons (Fsp3) is 0.538. The topological polar surface area (TPSA) is 29.3 Å². The molecule has 0 spiro atoms. The first-order valence-corrected chi connectivity index (χ1v) is 5.67. The van der Waals surface area contributed by atoms with E-state index in [0.717, 1.165) is 12.0 Å². The van der Waals surface area contributed by atoms with E-state index in [-0.39, 0.29) is 11.9 Å². The third-order valence-corrected chi connectivity index (χ3v) is 2.92. The summed E-state index contributed by atoms with van der Waals surface area (Å²) in [5.41, 5.74) is 6.38. The molecule has 2 nitrogen and oxygen atoms in total. The predicted molar refractivity (Wildman–Crippen MR) is 65.7 cm³/mol. The summed E-state index contributed by atoms with van der Waals surface area (Å²) in [5, 5.41) is 0. The Kier molecular flexibility index (Phi) is 4.90. The van der Waals surface area contributed by atoms with Gasteiger partial charge in [-0.15, -0.1) is 0 Å². The molecular weight excluding hydrogens is 203 g/mol. The van der Waals surface area contributed by atoms with Crippen LogP contribution in [0.25, 0.3) is 0 Å². The third kappa shape index (κ3) is 3.29. The van der Waals surface area contributed by atoms with E-state index in [9.17, 15) is 4.39 Å². The van der Waals surface area contributed by atoms with Gasteiger partial charge in [-0.25, -0.2) is 4.39 Å². The van der Waals surface area contributed by atoms with Crippen LogP contribution in [0.1, 0.15) is 24.9 Å². The average molecular weight is 224 g/mol. The average Bonchev–Trinajstić information content (AvgIpc) is 2.26. The Morgan fingerprint density at radius 2 is 1.94 bits per heavy atom. The maximum absolute atomic E-state index is 13.7. The molecule has 0 aromatic heterocycles. The van der Waals surface area contributed by atoms with E-state index in [1.807, 2.05) is 31.1 Å². The minimum atomic E-state index is -0.134. The van der Waals surface area contributed by atoms with Crippen LogP contribution in [0.3, 0.4) is 0 Å². The van der Waals surface area contributed by atoms with Gasteiger partial charge in [0, 0.05) is 11.6 Å². The Labute approximate surface area is 97.3 Å². The van der Waals surface area contributed by atoms with E-state index in [1.165, 1.54) is 6.07 Å². The number of rotatable bonds is 5. The summed E-state index contributed by atoms with van der Waals surface area (Å²) < 4.78 is 13.7. The Hall–Kier alpha value is -0.930. The van der Waals surface area contributed by atoms with E-state index in [2.05, 4.69) is 6.92 Å². The Balaban J connectivity index is 2.90. The molecular formula is C13H21FN2. The summed E-state index contributed by atoms with van der Waals surface area (Å²) in [6.07, 6.45) is 0.879. The maximum Gasteiger partial charge on any atom is 0.127 e. The Bertz CT molecular complexity index is 325. The summed E-state index contributed by atoms with van der Waals surface area (Å²) in [5.74, 6) is 0.262. The van der Waals surface area contributed by atoms with Gasteiger partial charge < -0.3 is 10.6 Å². The van der Waals surface area contributed by atoms with Crippen LogP contribution in [0.2, 0.25) is 0 Å². The van der Waals surface area contributed by atoms with Crippen molar-refractivity contribution < 1.29 is 4.39 Å². The van der Waals surface area contributed by atoms with Crippen molar-refractivity contribution in [1.29, 1.82) is 0 Å². The summed E-state index contributed by atoms with van der Waals surface area (Å²) in [6.45, 7) is 2.73. The number of halogens is 1. The highest BCUT2D eigenvalue weighted by Gasteiger charge is 2.19. The van der Waals surface area contributed by atoms with Gasteiger partial charge in [0.15, 0.2) is 0 Å². The molecule has 0 aliphatic rings. The monoisotopic (exact) mass is 224 g/mol. The summed E-state index contributed by atoms with van der Waals surface area (Å²) >= 11 is 0. The maximum atomic E-state index is 13.7. The first-order valence-electron chi connectivity index (χ1n) is 5.67. The highest BCUT2D eigenvalue weighted by atomic mass is 19.1. The van der Waals surface area contributed by atoms with E-state index in [1.54, 1.807) is 6.07 Å². The molecule has 0 heterocycles. The minimum Gasteiger partial charge on any atom is -0.330 e. The van der Waals surface area contributed by atoms with E-state index in [4.69, 9.17) is 5.73 Å². The lowest BCUT2D eigenvalue weighted by molar-refractivity contribution is 0.249. The standard InChI is InChI=1S/C13H21FN2/c1-10(9-15)8-13(16(2)3)11-6-4-5-7-12(11)14/h4-7,10,13H,8-9,15H2,1-3H3. The van der Waals surface area contributed by atoms with Crippen molar-refractivity contribution in [3.05, 3.63) is 35.6 Å². The van der Waals surface area contributed by atoms with Crippen molar-refractivity contribution in [2.24, 2.45) is 11.7 Å². The second-order valence-corrected chi connectivity index (χ2v) is 4.58. The lowest BCUT2D eigenvalue weighted by Gasteiger charge is -2.27. The van der Waals surface area contributed by atoms with Gasteiger partial charge in [-0.3, -0.25) is 0 Å². The number of hydrogen-bond donors (Lipinski definition) is 1. The molecule has 2 N–H and O–H groups in total. The van der Waals surface area contributed by atoms with Crippen LogP contribution in [0.5, 0.6) is 0 Å². The fourth-order valence-corrected chi connectivity index (χ4v) is 1.84. The zero-order valence-corrected chi connectivity index (χ0v) is 10.3. The van der Waals surface area contributed by atoms with E-state index < -0.39 is 0 Å². The predicted octanol–water partition coefficient (Wildman–Crippen LogP) is 2.41. The van der Waals surface area contributed by atoms with Gasteiger partial charge in [-0.05, 0) is 39.0 Å². The highest BCUT2D eigenvalue weighted by molar-refractivity contribution is 5.21. The summed E-state index contributed by atoms with van der Waals surface area (Å²) in [6, 6.07) is 7.06. The lowest BCUT2D eigenvalue weighted by Crippen LogP contribution is -2.25. The van der Waals surface area contributed by atoms with Gasteiger partial charge in [0.05, 0.1) is 0 Å². The van der Waals surface area contributed by atoms with Gasteiger partial charge in [0.2, 0.25) is 0 Å². The zero-order valence-electron chi connectivity index (χ0n) is 10.3. The SMILES string of the molecule is CC(CN)CC(c1ccccc1F)N(C)C. The lowest BCUT2D eigenvalue weighted by atomic mass is 9.95. The molecule has 0 saturated heterocycles. The van der Waals surface area contributed by atoms with Gasteiger partial charge in [-0.1, -0.05) is 25.1 Å². The first kappa shape index (κ1) is 13.1. The molecule has 2 atom stereocenters. The van der Waals surface area contributed by atoms with Crippen LogP contribution in [-0.2, 0) is 0 Å². The molecule has 16 heavy (non-hydrogen) atoms. The normalized spacial score (nSPS) is 15.1. The van der Waals surface area contributed by atoms with Crippen molar-refractivity contribution in [3.8, 4) is 0 Å². The Morgan fingerprint density at radius 3 is 2.44 bits per heavy atom. The van der Waals surface area contributed by atoms with E-state index >= 15 is 0 Å². The molecule has 0 aliphatic heterocycles. The van der Waals surface area contributed by atoms with Gasteiger partial charge >= 0.3 is 0 Å². The zero-order chi connectivity index (χ0) is 12.1. The van der Waals surface area contributed by atoms with Crippen LogP contribution in [0.15, 0.2) is 24.3 Å². The van der Waals surface area contributed by atoms with Gasteiger partial charge in [0.25, 0.3) is 0 Å². The molecule has 1 aromatic rings. The molecule has 0 bridgehead atoms. The van der Waals surface area contributed by atoms with Gasteiger partial charge in [-0.2, -0.15) is 0 Å². The van der Waals surface area contributed by atoms with Crippen molar-refractivity contribution >= 4 is 0 Å². The number of hydrogen-bond acceptors (Lipinski definition) is 2. The van der Waals surface area contributed by atoms with Crippen LogP contribution in [-0.4, -0.2) is 25.5 Å². The molecule has 0 amide bonds. The molecule has 3 heteroatoms. The quantitative estimate of drug-likeness (QED) is 0.832. The van der Waals surface area contributed by atoms with Crippen LogP contribution in [0.4, 0.5) is 4.39 Å². The molecule has 0 fully saturated rings. The van der Waals surface area contributed by atoms with Crippen LogP contribution >= 0.6 is 0 Å². The first-order chi connectivity index (χ1) is 7.56. The van der Waals surface area contributed by atoms with Crippen molar-refractivity contribution in [2.75, 3.05) is 20.6 Å².